The summed E-state index contributed by atoms with van der Waals surface area (Å²) in [4.78, 5) is 8.10. The molecule has 0 spiro atoms. The molecule has 0 radical (unpaired) electrons. The van der Waals surface area contributed by atoms with Crippen LogP contribution in [0.3, 0.4) is 0 Å². The van der Waals surface area contributed by atoms with Crippen molar-refractivity contribution < 1.29 is 4.42 Å². The van der Waals surface area contributed by atoms with Gasteiger partial charge in [-0.05, 0) is 17.7 Å². The molecule has 0 saturated heterocycles. The Balaban J connectivity index is 2.05. The zero-order chi connectivity index (χ0) is 10.5. The average molecular weight is 203 g/mol. The molecule has 0 amide bonds. The second-order valence-electron chi connectivity index (χ2n) is 3.29. The summed E-state index contributed by atoms with van der Waals surface area (Å²) in [7, 11) is 0. The molecule has 0 saturated carbocycles. The van der Waals surface area contributed by atoms with Gasteiger partial charge in [0.25, 0.3) is 0 Å². The van der Waals surface area contributed by atoms with Gasteiger partial charge in [0.1, 0.15) is 5.76 Å². The molecule has 4 heteroatoms. The SMILES string of the molecule is NCCc1ncc(Cc2ccncc2)o1. The molecule has 4 nitrogen and oxygen atoms in total. The van der Waals surface area contributed by atoms with E-state index in [0.717, 1.165) is 12.2 Å². The van der Waals surface area contributed by atoms with Crippen LogP contribution in [0.4, 0.5) is 0 Å². The predicted octanol–water partition coefficient (Wildman–Crippen LogP) is 1.16. The van der Waals surface area contributed by atoms with E-state index < -0.39 is 0 Å². The summed E-state index contributed by atoms with van der Waals surface area (Å²) in [5, 5.41) is 0. The Labute approximate surface area is 88.2 Å². The summed E-state index contributed by atoms with van der Waals surface area (Å²) >= 11 is 0. The lowest BCUT2D eigenvalue weighted by Gasteiger charge is -1.95. The molecule has 2 N–H and O–H groups in total. The number of hydrogen-bond donors (Lipinski definition) is 1. The maximum Gasteiger partial charge on any atom is 0.195 e. The van der Waals surface area contributed by atoms with Gasteiger partial charge in [0.2, 0.25) is 0 Å². The fourth-order valence-corrected chi connectivity index (χ4v) is 1.37. The second kappa shape index (κ2) is 4.70. The normalized spacial score (nSPS) is 10.5. The lowest BCUT2D eigenvalue weighted by atomic mass is 10.2. The highest BCUT2D eigenvalue weighted by atomic mass is 16.4. The van der Waals surface area contributed by atoms with Crippen LogP contribution in [0.15, 0.2) is 35.1 Å². The van der Waals surface area contributed by atoms with Crippen LogP contribution < -0.4 is 5.73 Å². The molecule has 0 aliphatic rings. The third-order valence-corrected chi connectivity index (χ3v) is 2.09. The van der Waals surface area contributed by atoms with E-state index in [0.29, 0.717) is 18.9 Å². The summed E-state index contributed by atoms with van der Waals surface area (Å²) in [5.74, 6) is 1.58. The smallest absolute Gasteiger partial charge is 0.195 e. The van der Waals surface area contributed by atoms with Gasteiger partial charge in [-0.3, -0.25) is 4.98 Å². The van der Waals surface area contributed by atoms with Gasteiger partial charge in [-0.2, -0.15) is 0 Å². The van der Waals surface area contributed by atoms with E-state index in [9.17, 15) is 0 Å². The fourth-order valence-electron chi connectivity index (χ4n) is 1.37. The maximum absolute atomic E-state index is 5.52. The monoisotopic (exact) mass is 203 g/mol. The van der Waals surface area contributed by atoms with Crippen LogP contribution in [-0.4, -0.2) is 16.5 Å². The number of aromatic nitrogens is 2. The van der Waals surface area contributed by atoms with E-state index >= 15 is 0 Å². The van der Waals surface area contributed by atoms with Crippen molar-refractivity contribution in [2.75, 3.05) is 6.54 Å². The van der Waals surface area contributed by atoms with E-state index in [2.05, 4.69) is 9.97 Å². The van der Waals surface area contributed by atoms with Crippen molar-refractivity contribution in [3.63, 3.8) is 0 Å². The number of pyridine rings is 1. The van der Waals surface area contributed by atoms with Gasteiger partial charge in [-0.1, -0.05) is 0 Å². The molecule has 78 valence electrons. The first-order chi connectivity index (χ1) is 7.38. The molecule has 0 atom stereocenters. The van der Waals surface area contributed by atoms with E-state index in [1.807, 2.05) is 12.1 Å². The summed E-state index contributed by atoms with van der Waals surface area (Å²) < 4.78 is 5.52. The quantitative estimate of drug-likeness (QED) is 0.809. The Kier molecular flexibility index (Phi) is 3.09. The van der Waals surface area contributed by atoms with Crippen LogP contribution in [0.1, 0.15) is 17.2 Å². The zero-order valence-corrected chi connectivity index (χ0v) is 8.39. The lowest BCUT2D eigenvalue weighted by molar-refractivity contribution is 0.463. The highest BCUT2D eigenvalue weighted by molar-refractivity contribution is 5.16. The van der Waals surface area contributed by atoms with E-state index in [4.69, 9.17) is 10.2 Å². The van der Waals surface area contributed by atoms with Crippen LogP contribution in [-0.2, 0) is 12.8 Å². The van der Waals surface area contributed by atoms with Crippen LogP contribution >= 0.6 is 0 Å². The first-order valence-electron chi connectivity index (χ1n) is 4.91. The molecule has 0 aromatic carbocycles. The van der Waals surface area contributed by atoms with Crippen molar-refractivity contribution in [1.82, 2.24) is 9.97 Å². The van der Waals surface area contributed by atoms with Gasteiger partial charge < -0.3 is 10.2 Å². The third-order valence-electron chi connectivity index (χ3n) is 2.09. The highest BCUT2D eigenvalue weighted by Gasteiger charge is 2.03. The molecule has 15 heavy (non-hydrogen) atoms. The Bertz CT molecular complexity index is 411. The lowest BCUT2D eigenvalue weighted by Crippen LogP contribution is -2.02. The maximum atomic E-state index is 5.52. The molecule has 0 unspecified atom stereocenters. The van der Waals surface area contributed by atoms with Gasteiger partial charge in [-0.25, -0.2) is 4.98 Å². The molecule has 0 aliphatic heterocycles. The third kappa shape index (κ3) is 2.63. The van der Waals surface area contributed by atoms with Crippen LogP contribution in [0.25, 0.3) is 0 Å². The topological polar surface area (TPSA) is 64.9 Å². The van der Waals surface area contributed by atoms with Gasteiger partial charge in [-0.15, -0.1) is 0 Å². The van der Waals surface area contributed by atoms with Crippen LogP contribution in [0, 0.1) is 0 Å². The minimum Gasteiger partial charge on any atom is -0.445 e. The molecule has 2 rings (SSSR count). The molecular weight excluding hydrogens is 190 g/mol. The summed E-state index contributed by atoms with van der Waals surface area (Å²) in [6.07, 6.45) is 6.74. The average Bonchev–Trinajstić information content (AvgIpc) is 2.68. The Hall–Kier alpha value is -1.68. The minimum atomic E-state index is 0.565. The summed E-state index contributed by atoms with van der Waals surface area (Å²) in [6.45, 7) is 0.565. The number of rotatable bonds is 4. The molecule has 2 aromatic heterocycles. The number of nitrogens with zero attached hydrogens (tertiary/aromatic N) is 2. The summed E-state index contributed by atoms with van der Waals surface area (Å²) in [6, 6.07) is 3.93. The van der Waals surface area contributed by atoms with Gasteiger partial charge >= 0.3 is 0 Å². The molecule has 0 aliphatic carbocycles. The zero-order valence-electron chi connectivity index (χ0n) is 8.39. The number of nitrogens with two attached hydrogens (primary N) is 1. The van der Waals surface area contributed by atoms with E-state index in [1.54, 1.807) is 18.6 Å². The first kappa shape index (κ1) is 9.86. The highest BCUT2D eigenvalue weighted by Crippen LogP contribution is 2.10. The van der Waals surface area contributed by atoms with E-state index in [1.165, 1.54) is 5.56 Å². The van der Waals surface area contributed by atoms with Gasteiger partial charge in [0.05, 0.1) is 6.20 Å². The van der Waals surface area contributed by atoms with Crippen LogP contribution in [0.2, 0.25) is 0 Å². The molecule has 0 fully saturated rings. The Morgan fingerprint density at radius 2 is 2.07 bits per heavy atom. The standard InChI is InChI=1S/C11H13N3O/c12-4-1-11-14-8-10(15-11)7-9-2-5-13-6-3-9/h2-3,5-6,8H,1,4,7,12H2. The molecule has 2 aromatic rings. The fraction of sp³-hybridized carbons (Fsp3) is 0.273. The van der Waals surface area contributed by atoms with Crippen molar-refractivity contribution in [2.24, 2.45) is 5.73 Å². The number of oxazole rings is 1. The predicted molar refractivity (Wildman–Crippen MR) is 56.3 cm³/mol. The largest absolute Gasteiger partial charge is 0.445 e. The van der Waals surface area contributed by atoms with Gasteiger partial charge in [0, 0.05) is 31.8 Å². The minimum absolute atomic E-state index is 0.565. The van der Waals surface area contributed by atoms with Crippen molar-refractivity contribution in [3.8, 4) is 0 Å². The second-order valence-corrected chi connectivity index (χ2v) is 3.29. The Morgan fingerprint density at radius 1 is 1.27 bits per heavy atom. The summed E-state index contributed by atoms with van der Waals surface area (Å²) in [5.41, 5.74) is 6.58. The Morgan fingerprint density at radius 3 is 2.80 bits per heavy atom. The van der Waals surface area contributed by atoms with E-state index in [-0.39, 0.29) is 0 Å². The van der Waals surface area contributed by atoms with Crippen LogP contribution in [0.5, 0.6) is 0 Å². The van der Waals surface area contributed by atoms with Crippen molar-refractivity contribution in [2.45, 2.75) is 12.8 Å². The molecular formula is C11H13N3O. The van der Waals surface area contributed by atoms with Crippen molar-refractivity contribution >= 4 is 0 Å². The van der Waals surface area contributed by atoms with Crippen molar-refractivity contribution in [3.05, 3.63) is 47.9 Å². The number of hydrogen-bond acceptors (Lipinski definition) is 4. The molecule has 2 heterocycles. The molecule has 0 bridgehead atoms. The van der Waals surface area contributed by atoms with Gasteiger partial charge in [0.15, 0.2) is 5.89 Å². The first-order valence-corrected chi connectivity index (χ1v) is 4.91. The van der Waals surface area contributed by atoms with Crippen molar-refractivity contribution in [1.29, 1.82) is 0 Å².